The monoisotopic (exact) mass is 549 g/mol. The molecule has 39 heavy (non-hydrogen) atoms. The van der Waals surface area contributed by atoms with Gasteiger partial charge in [-0.15, -0.1) is 0 Å². The molecule has 8 nitrogen and oxygen atoms in total. The second-order valence-corrected chi connectivity index (χ2v) is 10.4. The van der Waals surface area contributed by atoms with Crippen molar-refractivity contribution in [2.24, 2.45) is 0 Å². The highest BCUT2D eigenvalue weighted by molar-refractivity contribution is 7.99. The van der Waals surface area contributed by atoms with Crippen molar-refractivity contribution in [2.75, 3.05) is 16.8 Å². The third-order valence-electron chi connectivity index (χ3n) is 6.45. The third-order valence-corrected chi connectivity index (χ3v) is 7.46. The number of nitrogens with zero attached hydrogens (tertiary/aromatic N) is 2. The van der Waals surface area contributed by atoms with Gasteiger partial charge in [0.25, 0.3) is 5.69 Å². The maximum absolute atomic E-state index is 13.3. The number of nitrogens with one attached hydrogen (secondary N) is 1. The van der Waals surface area contributed by atoms with Gasteiger partial charge >= 0.3 is 12.0 Å². The molecule has 0 fully saturated rings. The smallest absolute Gasteiger partial charge is 0.326 e. The second kappa shape index (κ2) is 14.9. The van der Waals surface area contributed by atoms with Gasteiger partial charge in [0.05, 0.1) is 10.8 Å². The number of unbranched alkanes of at least 4 members (excludes halogenated alkanes) is 4. The number of nitro groups is 1. The summed E-state index contributed by atoms with van der Waals surface area (Å²) in [5, 5.41) is 23.5. The van der Waals surface area contributed by atoms with Crippen LogP contribution in [0.15, 0.2) is 82.6 Å². The molecule has 1 atom stereocenters. The van der Waals surface area contributed by atoms with Gasteiger partial charge in [-0.05, 0) is 60.9 Å². The molecule has 0 aromatic heterocycles. The number of benzene rings is 3. The molecule has 0 heterocycles. The molecule has 1 unspecified atom stereocenters. The van der Waals surface area contributed by atoms with Crippen molar-refractivity contribution < 1.29 is 19.6 Å². The standard InChI is InChI=1S/C30H35N3O5S/c1-3-5-6-7-10-21-32(30(36)31-27-11-8-9-12-28(27)33(37)38)23-15-19-25(20-16-23)39-24-17-13-22(14-18-24)26(4-2)29(34)35/h8-9,11-20,26H,3-7,10,21H2,1-2H3,(H,31,36)(H,34,35). The highest BCUT2D eigenvalue weighted by Gasteiger charge is 2.21. The topological polar surface area (TPSA) is 113 Å². The first-order chi connectivity index (χ1) is 18.8. The molecule has 0 radical (unpaired) electrons. The van der Waals surface area contributed by atoms with Crippen molar-refractivity contribution >= 4 is 40.8 Å². The SMILES string of the molecule is CCCCCCCN(C(=O)Nc1ccccc1[N+](=O)[O-])c1ccc(Sc2ccc(C(CC)C(=O)O)cc2)cc1. The Hall–Kier alpha value is -3.85. The average molecular weight is 550 g/mol. The predicted molar refractivity (Wildman–Crippen MR) is 156 cm³/mol. The molecule has 3 rings (SSSR count). The summed E-state index contributed by atoms with van der Waals surface area (Å²) in [5.74, 6) is -1.34. The van der Waals surface area contributed by atoms with Crippen LogP contribution in [0.2, 0.25) is 0 Å². The lowest BCUT2D eigenvalue weighted by Gasteiger charge is -2.23. The molecule has 2 amide bonds. The number of aliphatic carboxylic acids is 1. The largest absolute Gasteiger partial charge is 0.481 e. The van der Waals surface area contributed by atoms with Gasteiger partial charge in [0.1, 0.15) is 5.69 Å². The van der Waals surface area contributed by atoms with Crippen LogP contribution in [0.4, 0.5) is 21.9 Å². The van der Waals surface area contributed by atoms with Crippen LogP contribution in [0, 0.1) is 10.1 Å². The summed E-state index contributed by atoms with van der Waals surface area (Å²) in [7, 11) is 0. The summed E-state index contributed by atoms with van der Waals surface area (Å²) in [4.78, 5) is 39.2. The Morgan fingerprint density at radius 1 is 0.923 bits per heavy atom. The van der Waals surface area contributed by atoms with E-state index >= 15 is 0 Å². The Morgan fingerprint density at radius 2 is 1.54 bits per heavy atom. The van der Waals surface area contributed by atoms with Crippen LogP contribution >= 0.6 is 11.8 Å². The van der Waals surface area contributed by atoms with Crippen molar-refractivity contribution in [2.45, 2.75) is 68.1 Å². The van der Waals surface area contributed by atoms with Crippen molar-refractivity contribution in [1.82, 2.24) is 0 Å². The van der Waals surface area contributed by atoms with Crippen LogP contribution < -0.4 is 10.2 Å². The Labute approximate surface area is 233 Å². The predicted octanol–water partition coefficient (Wildman–Crippen LogP) is 8.33. The number of nitro benzene ring substituents is 1. The number of hydrogen-bond acceptors (Lipinski definition) is 5. The zero-order valence-corrected chi connectivity index (χ0v) is 23.2. The van der Waals surface area contributed by atoms with Gasteiger partial charge in [-0.1, -0.05) is 75.6 Å². The van der Waals surface area contributed by atoms with Crippen molar-refractivity contribution in [1.29, 1.82) is 0 Å². The van der Waals surface area contributed by atoms with Gasteiger partial charge in [-0.2, -0.15) is 0 Å². The summed E-state index contributed by atoms with van der Waals surface area (Å²) < 4.78 is 0. The number of para-hydroxylation sites is 2. The van der Waals surface area contributed by atoms with Crippen LogP contribution in [0.5, 0.6) is 0 Å². The first-order valence-corrected chi connectivity index (χ1v) is 14.1. The van der Waals surface area contributed by atoms with E-state index in [0.29, 0.717) is 18.7 Å². The summed E-state index contributed by atoms with van der Waals surface area (Å²) in [6.07, 6.45) is 5.71. The fourth-order valence-corrected chi connectivity index (χ4v) is 5.11. The minimum atomic E-state index is -0.825. The molecular weight excluding hydrogens is 514 g/mol. The molecule has 0 aliphatic heterocycles. The molecule has 3 aromatic carbocycles. The number of urea groups is 1. The first-order valence-electron chi connectivity index (χ1n) is 13.3. The molecule has 206 valence electrons. The quantitative estimate of drug-likeness (QED) is 0.119. The molecule has 0 saturated carbocycles. The van der Waals surface area contributed by atoms with E-state index in [1.54, 1.807) is 28.8 Å². The van der Waals surface area contributed by atoms with Gasteiger partial charge in [0.2, 0.25) is 0 Å². The van der Waals surface area contributed by atoms with Crippen molar-refractivity contribution in [3.05, 3.63) is 88.5 Å². The fraction of sp³-hybridized carbons (Fsp3) is 0.333. The Bertz CT molecular complexity index is 1250. The lowest BCUT2D eigenvalue weighted by atomic mass is 9.97. The Balaban J connectivity index is 1.74. The molecule has 9 heteroatoms. The minimum absolute atomic E-state index is 0.153. The van der Waals surface area contributed by atoms with Crippen molar-refractivity contribution in [3.8, 4) is 0 Å². The van der Waals surface area contributed by atoms with E-state index in [4.69, 9.17) is 0 Å². The Morgan fingerprint density at radius 3 is 2.13 bits per heavy atom. The van der Waals surface area contributed by atoms with E-state index < -0.39 is 22.8 Å². The second-order valence-electron chi connectivity index (χ2n) is 9.23. The van der Waals surface area contributed by atoms with Gasteiger partial charge in [0.15, 0.2) is 0 Å². The maximum atomic E-state index is 13.3. The third kappa shape index (κ3) is 8.58. The fourth-order valence-electron chi connectivity index (χ4n) is 4.29. The lowest BCUT2D eigenvalue weighted by molar-refractivity contribution is -0.383. The average Bonchev–Trinajstić information content (AvgIpc) is 2.92. The van der Waals surface area contributed by atoms with E-state index in [1.807, 2.05) is 55.5 Å². The van der Waals surface area contributed by atoms with Gasteiger partial charge in [-0.25, -0.2) is 4.79 Å². The molecule has 2 N–H and O–H groups in total. The number of carboxylic acids is 1. The van der Waals surface area contributed by atoms with Crippen molar-refractivity contribution in [3.63, 3.8) is 0 Å². The zero-order chi connectivity index (χ0) is 28.2. The summed E-state index contributed by atoms with van der Waals surface area (Å²) >= 11 is 1.55. The number of carbonyl (C=O) groups is 2. The highest BCUT2D eigenvalue weighted by atomic mass is 32.2. The molecule has 0 bridgehead atoms. The Kier molecular flexibility index (Phi) is 11.4. The molecular formula is C30H35N3O5S. The van der Waals surface area contributed by atoms with Crippen LogP contribution in [-0.2, 0) is 4.79 Å². The normalized spacial score (nSPS) is 11.5. The van der Waals surface area contributed by atoms with Crippen LogP contribution in [0.1, 0.15) is 63.9 Å². The molecule has 0 saturated heterocycles. The summed E-state index contributed by atoms with van der Waals surface area (Å²) in [6, 6.07) is 20.9. The number of carboxylic acid groups (broad SMARTS) is 1. The van der Waals surface area contributed by atoms with E-state index in [0.717, 1.165) is 47.5 Å². The number of hydrogen-bond donors (Lipinski definition) is 2. The van der Waals surface area contributed by atoms with Crippen LogP contribution in [-0.4, -0.2) is 28.6 Å². The molecule has 0 aliphatic rings. The minimum Gasteiger partial charge on any atom is -0.481 e. The number of anilines is 2. The first kappa shape index (κ1) is 29.7. The van der Waals surface area contributed by atoms with Gasteiger partial charge in [-0.3, -0.25) is 19.8 Å². The highest BCUT2D eigenvalue weighted by Crippen LogP contribution is 2.32. The maximum Gasteiger partial charge on any atom is 0.326 e. The zero-order valence-electron chi connectivity index (χ0n) is 22.3. The van der Waals surface area contributed by atoms with E-state index in [-0.39, 0.29) is 11.4 Å². The van der Waals surface area contributed by atoms with Gasteiger partial charge < -0.3 is 10.4 Å². The number of carbonyl (C=O) groups excluding carboxylic acids is 1. The molecule has 0 spiro atoms. The van der Waals surface area contributed by atoms with Crippen LogP contribution in [0.25, 0.3) is 0 Å². The number of rotatable bonds is 14. The van der Waals surface area contributed by atoms with E-state index in [9.17, 15) is 24.8 Å². The molecule has 0 aliphatic carbocycles. The van der Waals surface area contributed by atoms with E-state index in [1.165, 1.54) is 12.1 Å². The number of amides is 2. The lowest BCUT2D eigenvalue weighted by Crippen LogP contribution is -2.36. The van der Waals surface area contributed by atoms with Gasteiger partial charge in [0, 0.05) is 28.1 Å². The molecule has 3 aromatic rings. The summed E-state index contributed by atoms with van der Waals surface area (Å²) in [5.41, 5.74) is 1.49. The van der Waals surface area contributed by atoms with Crippen LogP contribution in [0.3, 0.4) is 0 Å². The summed E-state index contributed by atoms with van der Waals surface area (Å²) in [6.45, 7) is 4.50. The van der Waals surface area contributed by atoms with E-state index in [2.05, 4.69) is 12.2 Å².